The molecule has 0 fully saturated rings. The summed E-state index contributed by atoms with van der Waals surface area (Å²) in [5, 5.41) is 0. The smallest absolute Gasteiger partial charge is 0.00385 e. The summed E-state index contributed by atoms with van der Waals surface area (Å²) in [6.07, 6.45) is 8.28. The van der Waals surface area contributed by atoms with Crippen LogP contribution in [0.2, 0.25) is 0 Å². The number of hydrogen-bond acceptors (Lipinski definition) is 1. The predicted molar refractivity (Wildman–Crippen MR) is 65.8 cm³/mol. The minimum absolute atomic E-state index is 0.723. The first kappa shape index (κ1) is 14.0. The molecule has 0 radical (unpaired) electrons. The van der Waals surface area contributed by atoms with E-state index in [1.807, 2.05) is 0 Å². The normalized spacial score (nSPS) is 11.6. The van der Waals surface area contributed by atoms with E-state index in [1.54, 1.807) is 0 Å². The highest BCUT2D eigenvalue weighted by molar-refractivity contribution is 4.61. The third kappa shape index (κ3) is 7.37. The molecule has 0 atom stereocenters. The Morgan fingerprint density at radius 1 is 0.786 bits per heavy atom. The van der Waals surface area contributed by atoms with Crippen molar-refractivity contribution in [3.63, 3.8) is 0 Å². The lowest BCUT2D eigenvalue weighted by atomic mass is 10.1. The molecule has 0 aliphatic heterocycles. The summed E-state index contributed by atoms with van der Waals surface area (Å²) >= 11 is 0. The second-order valence-corrected chi connectivity index (χ2v) is 4.54. The molecule has 0 aromatic rings. The molecule has 0 aromatic heterocycles. The van der Waals surface area contributed by atoms with Crippen LogP contribution in [-0.4, -0.2) is 24.0 Å². The van der Waals surface area contributed by atoms with E-state index in [1.165, 1.54) is 51.6 Å². The SMILES string of the molecule is CCCCCCCN(CCC)C(C)C. The van der Waals surface area contributed by atoms with Crippen LogP contribution in [0.3, 0.4) is 0 Å². The average Bonchev–Trinajstić information content (AvgIpc) is 2.15. The van der Waals surface area contributed by atoms with E-state index in [4.69, 9.17) is 0 Å². The Labute approximate surface area is 90.9 Å². The maximum absolute atomic E-state index is 2.60. The lowest BCUT2D eigenvalue weighted by Gasteiger charge is -2.25. The minimum atomic E-state index is 0.723. The summed E-state index contributed by atoms with van der Waals surface area (Å²) in [4.78, 5) is 2.60. The van der Waals surface area contributed by atoms with Gasteiger partial charge in [-0.1, -0.05) is 39.5 Å². The van der Waals surface area contributed by atoms with Gasteiger partial charge in [0.15, 0.2) is 0 Å². The number of rotatable bonds is 9. The molecule has 0 spiro atoms. The molecule has 86 valence electrons. The van der Waals surface area contributed by atoms with Crippen LogP contribution in [0.1, 0.15) is 66.2 Å². The van der Waals surface area contributed by atoms with Crippen LogP contribution >= 0.6 is 0 Å². The molecule has 14 heavy (non-hydrogen) atoms. The Morgan fingerprint density at radius 3 is 1.93 bits per heavy atom. The highest BCUT2D eigenvalue weighted by Gasteiger charge is 2.06. The lowest BCUT2D eigenvalue weighted by Crippen LogP contribution is -2.32. The molecule has 0 bridgehead atoms. The summed E-state index contributed by atoms with van der Waals surface area (Å²) in [6, 6.07) is 0.723. The summed E-state index contributed by atoms with van der Waals surface area (Å²) in [5.41, 5.74) is 0. The molecule has 0 unspecified atom stereocenters. The molecule has 0 heterocycles. The summed E-state index contributed by atoms with van der Waals surface area (Å²) in [5.74, 6) is 0. The van der Waals surface area contributed by atoms with Crippen molar-refractivity contribution in [1.82, 2.24) is 4.90 Å². The Hall–Kier alpha value is -0.0400. The van der Waals surface area contributed by atoms with Crippen molar-refractivity contribution in [2.75, 3.05) is 13.1 Å². The molecule has 0 aromatic carbocycles. The number of nitrogens with zero attached hydrogens (tertiary/aromatic N) is 1. The Morgan fingerprint density at radius 2 is 1.43 bits per heavy atom. The van der Waals surface area contributed by atoms with E-state index in [9.17, 15) is 0 Å². The third-order valence-corrected chi connectivity index (χ3v) is 2.79. The zero-order chi connectivity index (χ0) is 10.8. The van der Waals surface area contributed by atoms with Crippen molar-refractivity contribution < 1.29 is 0 Å². The standard InChI is InChI=1S/C13H29N/c1-5-7-8-9-10-12-14(11-6-2)13(3)4/h13H,5-12H2,1-4H3. The quantitative estimate of drug-likeness (QED) is 0.506. The Balaban J connectivity index is 3.41. The molecule has 0 saturated heterocycles. The van der Waals surface area contributed by atoms with Gasteiger partial charge in [-0.2, -0.15) is 0 Å². The van der Waals surface area contributed by atoms with Crippen LogP contribution in [0.4, 0.5) is 0 Å². The zero-order valence-corrected chi connectivity index (χ0v) is 10.7. The van der Waals surface area contributed by atoms with Gasteiger partial charge >= 0.3 is 0 Å². The summed E-state index contributed by atoms with van der Waals surface area (Å²) in [7, 11) is 0. The molecule has 0 aliphatic carbocycles. The topological polar surface area (TPSA) is 3.24 Å². The van der Waals surface area contributed by atoms with Crippen LogP contribution < -0.4 is 0 Å². The first-order valence-corrected chi connectivity index (χ1v) is 6.46. The van der Waals surface area contributed by atoms with Crippen LogP contribution in [0, 0.1) is 0 Å². The van der Waals surface area contributed by atoms with Crippen LogP contribution in [0.25, 0.3) is 0 Å². The molecule has 1 nitrogen and oxygen atoms in total. The zero-order valence-electron chi connectivity index (χ0n) is 10.7. The fourth-order valence-electron chi connectivity index (χ4n) is 1.83. The van der Waals surface area contributed by atoms with Gasteiger partial charge < -0.3 is 4.90 Å². The van der Waals surface area contributed by atoms with Gasteiger partial charge in [-0.25, -0.2) is 0 Å². The maximum atomic E-state index is 2.60. The average molecular weight is 199 g/mol. The number of unbranched alkanes of at least 4 members (excludes halogenated alkanes) is 4. The first-order chi connectivity index (χ1) is 6.72. The van der Waals surface area contributed by atoms with E-state index in [0.717, 1.165) is 6.04 Å². The van der Waals surface area contributed by atoms with E-state index < -0.39 is 0 Å². The van der Waals surface area contributed by atoms with Crippen LogP contribution in [0.5, 0.6) is 0 Å². The highest BCUT2D eigenvalue weighted by Crippen LogP contribution is 2.06. The van der Waals surface area contributed by atoms with Crippen LogP contribution in [-0.2, 0) is 0 Å². The molecule has 1 heteroatoms. The van der Waals surface area contributed by atoms with E-state index in [0.29, 0.717) is 0 Å². The summed E-state index contributed by atoms with van der Waals surface area (Å²) < 4.78 is 0. The molecule has 0 rings (SSSR count). The molecule has 0 aliphatic rings. The first-order valence-electron chi connectivity index (χ1n) is 6.46. The lowest BCUT2D eigenvalue weighted by molar-refractivity contribution is 0.217. The third-order valence-electron chi connectivity index (χ3n) is 2.79. The van der Waals surface area contributed by atoms with Gasteiger partial charge in [-0.3, -0.25) is 0 Å². The van der Waals surface area contributed by atoms with Gasteiger partial charge in [0.1, 0.15) is 0 Å². The maximum Gasteiger partial charge on any atom is 0.00385 e. The highest BCUT2D eigenvalue weighted by atomic mass is 15.1. The van der Waals surface area contributed by atoms with Gasteiger partial charge in [0, 0.05) is 6.04 Å². The monoisotopic (exact) mass is 199 g/mol. The molecular weight excluding hydrogens is 170 g/mol. The number of hydrogen-bond donors (Lipinski definition) is 0. The van der Waals surface area contributed by atoms with E-state index >= 15 is 0 Å². The van der Waals surface area contributed by atoms with Gasteiger partial charge in [0.05, 0.1) is 0 Å². The molecule has 0 amide bonds. The fourth-order valence-corrected chi connectivity index (χ4v) is 1.83. The second kappa shape index (κ2) is 9.51. The summed E-state index contributed by atoms with van der Waals surface area (Å²) in [6.45, 7) is 11.7. The van der Waals surface area contributed by atoms with Crippen molar-refractivity contribution in [2.45, 2.75) is 72.3 Å². The van der Waals surface area contributed by atoms with Gasteiger partial charge in [-0.05, 0) is 39.8 Å². The van der Waals surface area contributed by atoms with Gasteiger partial charge in [-0.15, -0.1) is 0 Å². The van der Waals surface area contributed by atoms with Gasteiger partial charge in [0.2, 0.25) is 0 Å². The van der Waals surface area contributed by atoms with Gasteiger partial charge in [0.25, 0.3) is 0 Å². The van der Waals surface area contributed by atoms with Crippen molar-refractivity contribution >= 4 is 0 Å². The molecule has 0 N–H and O–H groups in total. The van der Waals surface area contributed by atoms with E-state index in [2.05, 4.69) is 32.6 Å². The fraction of sp³-hybridized carbons (Fsp3) is 1.00. The van der Waals surface area contributed by atoms with Crippen molar-refractivity contribution in [3.8, 4) is 0 Å². The van der Waals surface area contributed by atoms with Crippen molar-refractivity contribution in [1.29, 1.82) is 0 Å². The van der Waals surface area contributed by atoms with Crippen LogP contribution in [0.15, 0.2) is 0 Å². The predicted octanol–water partition coefficient (Wildman–Crippen LogP) is 4.08. The van der Waals surface area contributed by atoms with E-state index in [-0.39, 0.29) is 0 Å². The molecular formula is C13H29N. The second-order valence-electron chi connectivity index (χ2n) is 4.54. The Bertz CT molecular complexity index is 110. The van der Waals surface area contributed by atoms with Crippen molar-refractivity contribution in [2.24, 2.45) is 0 Å². The van der Waals surface area contributed by atoms with Crippen molar-refractivity contribution in [3.05, 3.63) is 0 Å². The largest absolute Gasteiger partial charge is 0.301 e. The minimum Gasteiger partial charge on any atom is -0.301 e. The molecule has 0 saturated carbocycles. The Kier molecular flexibility index (Phi) is 9.49.